The number of ether oxygens (including phenoxy) is 9. The molecule has 2 rings (SSSR count). The van der Waals surface area contributed by atoms with E-state index in [9.17, 15) is 19.2 Å². The average Bonchev–Trinajstić information content (AvgIpc) is 3.19. The quantitative estimate of drug-likeness (QED) is 0.0570. The molecule has 0 bridgehead atoms. The van der Waals surface area contributed by atoms with E-state index in [1.165, 1.54) is 0 Å². The first kappa shape index (κ1) is 48.6. The van der Waals surface area contributed by atoms with E-state index in [2.05, 4.69) is 16.1 Å². The van der Waals surface area contributed by atoms with E-state index < -0.39 is 23.9 Å². The van der Waals surface area contributed by atoms with Crippen molar-refractivity contribution in [3.8, 4) is 0 Å². The zero-order valence-corrected chi connectivity index (χ0v) is 33.4. The smallest absolute Gasteiger partial charge is 0.431 e. The van der Waals surface area contributed by atoms with E-state index in [4.69, 9.17) is 47.5 Å². The number of amides is 4. The number of alkyl carbamates (subject to hydrolysis) is 2. The van der Waals surface area contributed by atoms with E-state index in [1.54, 1.807) is 25.7 Å². The topological polar surface area (TPSA) is 200 Å². The van der Waals surface area contributed by atoms with Crippen molar-refractivity contribution in [3.05, 3.63) is 71.8 Å². The summed E-state index contributed by atoms with van der Waals surface area (Å²) in [7, 11) is 0. The third-order valence-electron chi connectivity index (χ3n) is 7.05. The zero-order valence-electron chi connectivity index (χ0n) is 33.4. The monoisotopic (exact) mass is 808 g/mol. The second kappa shape index (κ2) is 31.5. The Morgan fingerprint density at radius 1 is 0.526 bits per heavy atom. The summed E-state index contributed by atoms with van der Waals surface area (Å²) in [6.45, 7) is 9.50. The largest absolute Gasteiger partial charge is 0.445 e. The molecule has 2 aromatic rings. The van der Waals surface area contributed by atoms with Gasteiger partial charge in [-0.25, -0.2) is 14.4 Å². The number of hydrogen-bond acceptors (Lipinski definition) is 14. The summed E-state index contributed by atoms with van der Waals surface area (Å²) < 4.78 is 48.6. The summed E-state index contributed by atoms with van der Waals surface area (Å²) in [5.41, 5.74) is 3.33. The minimum atomic E-state index is -0.696. The second-order valence-corrected chi connectivity index (χ2v) is 12.9. The molecule has 3 N–H and O–H groups in total. The van der Waals surface area contributed by atoms with Crippen molar-refractivity contribution < 1.29 is 66.6 Å². The molecule has 0 atom stereocenters. The molecule has 320 valence electrons. The highest BCUT2D eigenvalue weighted by Crippen LogP contribution is 2.06. The Morgan fingerprint density at radius 2 is 0.947 bits per heavy atom. The highest BCUT2D eigenvalue weighted by molar-refractivity contribution is 5.77. The van der Waals surface area contributed by atoms with Gasteiger partial charge in [0.2, 0.25) is 5.91 Å². The molecule has 57 heavy (non-hydrogen) atoms. The lowest BCUT2D eigenvalue weighted by molar-refractivity contribution is -0.138. The molecular formula is C39H60N4O14. The minimum Gasteiger partial charge on any atom is -0.445 e. The van der Waals surface area contributed by atoms with Crippen LogP contribution in [0.1, 0.15) is 31.9 Å². The Hall–Kier alpha value is -4.56. The summed E-state index contributed by atoms with van der Waals surface area (Å²) in [4.78, 5) is 54.8. The molecule has 0 radical (unpaired) electrons. The lowest BCUT2D eigenvalue weighted by Gasteiger charge is -2.23. The highest BCUT2D eigenvalue weighted by Gasteiger charge is 2.16. The van der Waals surface area contributed by atoms with Gasteiger partial charge in [0.05, 0.1) is 79.3 Å². The number of hydroxylamine groups is 1. The van der Waals surface area contributed by atoms with Crippen LogP contribution in [0.4, 0.5) is 14.4 Å². The van der Waals surface area contributed by atoms with Crippen molar-refractivity contribution in [1.82, 2.24) is 21.0 Å². The standard InChI is InChI=1S/C39H60N4O14/c1-39(2,3)57-38(47)42-56-29-28-52-26-27-53-32-35(44)43(16-20-50-24-22-48-18-14-40-36(45)54-30-33-10-6-4-7-11-33)17-21-51-25-23-49-19-15-41-37(46)55-31-34-12-8-5-9-13-34/h4-13H,14-32H2,1-3H3,(H,40,45)(H,41,46)(H,42,47). The first-order valence-electron chi connectivity index (χ1n) is 18.9. The molecule has 0 fully saturated rings. The van der Waals surface area contributed by atoms with Gasteiger partial charge in [0.1, 0.15) is 25.4 Å². The van der Waals surface area contributed by atoms with Gasteiger partial charge >= 0.3 is 18.3 Å². The van der Waals surface area contributed by atoms with Gasteiger partial charge in [-0.05, 0) is 31.9 Å². The number of carbonyl (C=O) groups is 4. The van der Waals surface area contributed by atoms with Crippen LogP contribution in [0.15, 0.2) is 60.7 Å². The van der Waals surface area contributed by atoms with Crippen LogP contribution in [0.3, 0.4) is 0 Å². The number of nitrogens with zero attached hydrogens (tertiary/aromatic N) is 1. The zero-order chi connectivity index (χ0) is 41.2. The SMILES string of the molecule is CC(C)(C)OC(=O)NOCCOCCOCC(=O)N(CCOCCOCCNC(=O)OCc1ccccc1)CCOCCOCCNC(=O)OCc1ccccc1. The maximum Gasteiger partial charge on any atom is 0.431 e. The summed E-state index contributed by atoms with van der Waals surface area (Å²) in [5, 5.41) is 5.26. The number of benzene rings is 2. The van der Waals surface area contributed by atoms with Crippen LogP contribution in [0, 0.1) is 0 Å². The third kappa shape index (κ3) is 28.5. The summed E-state index contributed by atoms with van der Waals surface area (Å²) in [6, 6.07) is 18.8. The highest BCUT2D eigenvalue weighted by atomic mass is 16.7. The van der Waals surface area contributed by atoms with Gasteiger partial charge in [-0.3, -0.25) is 9.63 Å². The van der Waals surface area contributed by atoms with Crippen LogP contribution in [-0.2, 0) is 65.5 Å². The van der Waals surface area contributed by atoms with Crippen molar-refractivity contribution in [3.63, 3.8) is 0 Å². The number of hydrogen-bond donors (Lipinski definition) is 3. The van der Waals surface area contributed by atoms with Crippen LogP contribution in [0.25, 0.3) is 0 Å². The van der Waals surface area contributed by atoms with Crippen LogP contribution in [-0.4, -0.2) is 147 Å². The molecule has 0 heterocycles. The van der Waals surface area contributed by atoms with Crippen molar-refractivity contribution in [2.24, 2.45) is 0 Å². The van der Waals surface area contributed by atoms with Gasteiger partial charge < -0.3 is 58.2 Å². The van der Waals surface area contributed by atoms with Crippen molar-refractivity contribution in [1.29, 1.82) is 0 Å². The number of nitrogens with one attached hydrogen (secondary N) is 3. The average molecular weight is 809 g/mol. The molecule has 4 amide bonds. The van der Waals surface area contributed by atoms with E-state index in [0.29, 0.717) is 39.5 Å². The molecule has 0 aromatic heterocycles. The lowest BCUT2D eigenvalue weighted by Crippen LogP contribution is -2.39. The molecule has 0 saturated heterocycles. The Kier molecular flexibility index (Phi) is 26.9. The molecule has 0 aliphatic rings. The summed E-state index contributed by atoms with van der Waals surface area (Å²) in [6.07, 6.45) is -1.75. The van der Waals surface area contributed by atoms with Crippen LogP contribution >= 0.6 is 0 Å². The maximum atomic E-state index is 13.0. The normalized spacial score (nSPS) is 11.1. The second-order valence-electron chi connectivity index (χ2n) is 12.9. The Bertz CT molecular complexity index is 1280. The molecule has 0 saturated carbocycles. The first-order chi connectivity index (χ1) is 27.6. The van der Waals surface area contributed by atoms with E-state index >= 15 is 0 Å². The fourth-order valence-electron chi connectivity index (χ4n) is 4.33. The number of rotatable bonds is 31. The molecule has 0 unspecified atom stereocenters. The molecule has 2 aromatic carbocycles. The predicted molar refractivity (Wildman–Crippen MR) is 206 cm³/mol. The van der Waals surface area contributed by atoms with E-state index in [1.807, 2.05) is 60.7 Å². The third-order valence-corrected chi connectivity index (χ3v) is 7.05. The maximum absolute atomic E-state index is 13.0. The van der Waals surface area contributed by atoms with Crippen LogP contribution in [0.5, 0.6) is 0 Å². The fraction of sp³-hybridized carbons (Fsp3) is 0.590. The van der Waals surface area contributed by atoms with E-state index in [-0.39, 0.29) is 91.7 Å². The van der Waals surface area contributed by atoms with E-state index in [0.717, 1.165) is 11.1 Å². The van der Waals surface area contributed by atoms with Crippen LogP contribution < -0.4 is 16.1 Å². The van der Waals surface area contributed by atoms with Crippen molar-refractivity contribution in [2.45, 2.75) is 39.6 Å². The Balaban J connectivity index is 1.57. The Labute approximate surface area is 334 Å². The van der Waals surface area contributed by atoms with Gasteiger partial charge in [-0.15, -0.1) is 0 Å². The lowest BCUT2D eigenvalue weighted by atomic mass is 10.2. The molecule has 0 spiro atoms. The molecule has 0 aliphatic carbocycles. The van der Waals surface area contributed by atoms with Crippen molar-refractivity contribution >= 4 is 24.2 Å². The van der Waals surface area contributed by atoms with Crippen molar-refractivity contribution in [2.75, 3.05) is 112 Å². The summed E-state index contributed by atoms with van der Waals surface area (Å²) in [5.74, 6) is -0.255. The van der Waals surface area contributed by atoms with Gasteiger partial charge in [0.25, 0.3) is 0 Å². The van der Waals surface area contributed by atoms with Gasteiger partial charge in [0, 0.05) is 26.2 Å². The fourth-order valence-corrected chi connectivity index (χ4v) is 4.33. The molecule has 18 heteroatoms. The van der Waals surface area contributed by atoms with Gasteiger partial charge in [-0.2, -0.15) is 5.48 Å². The minimum absolute atomic E-state index is 0.101. The molecule has 0 aliphatic heterocycles. The summed E-state index contributed by atoms with van der Waals surface area (Å²) >= 11 is 0. The Morgan fingerprint density at radius 3 is 1.42 bits per heavy atom. The first-order valence-corrected chi connectivity index (χ1v) is 18.9. The van der Waals surface area contributed by atoms with Crippen LogP contribution in [0.2, 0.25) is 0 Å². The van der Waals surface area contributed by atoms with Gasteiger partial charge in [0.15, 0.2) is 0 Å². The van der Waals surface area contributed by atoms with Gasteiger partial charge in [-0.1, -0.05) is 60.7 Å². The number of carbonyl (C=O) groups excluding carboxylic acids is 4. The predicted octanol–water partition coefficient (Wildman–Crippen LogP) is 3.22. The molecular weight excluding hydrogens is 748 g/mol. The molecule has 18 nitrogen and oxygen atoms in total.